The molecule has 2 N–H and O–H groups in total. The van der Waals surface area contributed by atoms with E-state index in [1.54, 1.807) is 18.9 Å². The van der Waals surface area contributed by atoms with Gasteiger partial charge in [0, 0.05) is 7.11 Å². The van der Waals surface area contributed by atoms with Crippen molar-refractivity contribution in [3.63, 3.8) is 0 Å². The number of hydrogen-bond acceptors (Lipinski definition) is 6. The molecule has 0 fully saturated rings. The van der Waals surface area contributed by atoms with Crippen LogP contribution in [-0.4, -0.2) is 29.3 Å². The fourth-order valence-electron chi connectivity index (χ4n) is 0.974. The van der Waals surface area contributed by atoms with E-state index in [0.29, 0.717) is 18.3 Å². The summed E-state index contributed by atoms with van der Waals surface area (Å²) in [5, 5.41) is 3.74. The third kappa shape index (κ3) is 3.28. The van der Waals surface area contributed by atoms with Gasteiger partial charge in [-0.1, -0.05) is 5.16 Å². The van der Waals surface area contributed by atoms with Crippen molar-refractivity contribution in [1.82, 2.24) is 10.1 Å². The molecule has 1 aromatic rings. The van der Waals surface area contributed by atoms with Gasteiger partial charge < -0.3 is 15.0 Å². The summed E-state index contributed by atoms with van der Waals surface area (Å²) in [5.74, 6) is 2.02. The number of ether oxygens (including phenoxy) is 1. The van der Waals surface area contributed by atoms with E-state index in [0.717, 1.165) is 12.2 Å². The van der Waals surface area contributed by atoms with Crippen LogP contribution >= 0.6 is 11.8 Å². The largest absolute Gasteiger partial charge is 0.377 e. The van der Waals surface area contributed by atoms with Gasteiger partial charge in [0.25, 0.3) is 0 Å². The molecule has 0 spiro atoms. The molecular formula is C8H15N3O2S. The average Bonchev–Trinajstić information content (AvgIpc) is 2.63. The van der Waals surface area contributed by atoms with Crippen LogP contribution in [0.4, 0.5) is 0 Å². The predicted molar refractivity (Wildman–Crippen MR) is 54.9 cm³/mol. The van der Waals surface area contributed by atoms with Gasteiger partial charge in [0.2, 0.25) is 5.89 Å². The molecule has 6 heteroatoms. The van der Waals surface area contributed by atoms with Crippen LogP contribution in [-0.2, 0) is 11.3 Å². The lowest BCUT2D eigenvalue weighted by atomic mass is 10.2. The van der Waals surface area contributed by atoms with Crippen LogP contribution in [0.1, 0.15) is 24.2 Å². The summed E-state index contributed by atoms with van der Waals surface area (Å²) in [7, 11) is 1.59. The van der Waals surface area contributed by atoms with Crippen LogP contribution in [0.15, 0.2) is 4.52 Å². The van der Waals surface area contributed by atoms with Gasteiger partial charge >= 0.3 is 0 Å². The SMILES string of the molecule is COCc1noc([C@H](N)CCSC)n1. The Hall–Kier alpha value is -0.590. The molecule has 1 aromatic heterocycles. The van der Waals surface area contributed by atoms with Crippen molar-refractivity contribution in [2.24, 2.45) is 5.73 Å². The van der Waals surface area contributed by atoms with Crippen molar-refractivity contribution in [3.05, 3.63) is 11.7 Å². The zero-order chi connectivity index (χ0) is 10.4. The standard InChI is InChI=1S/C8H15N3O2S/c1-12-5-7-10-8(13-11-7)6(9)3-4-14-2/h6H,3-5,9H2,1-2H3/t6-/m1/s1. The van der Waals surface area contributed by atoms with Crippen molar-refractivity contribution in [2.75, 3.05) is 19.1 Å². The van der Waals surface area contributed by atoms with Crippen LogP contribution in [0.3, 0.4) is 0 Å². The van der Waals surface area contributed by atoms with Gasteiger partial charge in [-0.2, -0.15) is 16.7 Å². The summed E-state index contributed by atoms with van der Waals surface area (Å²) >= 11 is 1.75. The highest BCUT2D eigenvalue weighted by atomic mass is 32.2. The number of rotatable bonds is 6. The summed E-state index contributed by atoms with van der Waals surface area (Å²) in [4.78, 5) is 4.12. The first-order chi connectivity index (χ1) is 6.77. The summed E-state index contributed by atoms with van der Waals surface area (Å²) in [5.41, 5.74) is 5.84. The normalized spacial score (nSPS) is 13.1. The molecule has 0 saturated heterocycles. The molecule has 1 rings (SSSR count). The lowest BCUT2D eigenvalue weighted by Gasteiger charge is -2.03. The minimum absolute atomic E-state index is 0.166. The molecule has 80 valence electrons. The van der Waals surface area contributed by atoms with Crippen LogP contribution in [0.25, 0.3) is 0 Å². The molecule has 0 bridgehead atoms. The van der Waals surface area contributed by atoms with E-state index < -0.39 is 0 Å². The molecular weight excluding hydrogens is 202 g/mol. The summed E-state index contributed by atoms with van der Waals surface area (Å²) in [6.45, 7) is 0.360. The quantitative estimate of drug-likeness (QED) is 0.765. The maximum Gasteiger partial charge on any atom is 0.243 e. The highest BCUT2D eigenvalue weighted by Crippen LogP contribution is 2.13. The first-order valence-corrected chi connectivity index (χ1v) is 5.73. The number of nitrogens with two attached hydrogens (primary N) is 1. The second kappa shape index (κ2) is 6.00. The third-order valence-electron chi connectivity index (χ3n) is 1.71. The third-order valence-corrected chi connectivity index (χ3v) is 2.35. The van der Waals surface area contributed by atoms with Crippen LogP contribution in [0.2, 0.25) is 0 Å². The zero-order valence-corrected chi connectivity index (χ0v) is 9.21. The summed E-state index contributed by atoms with van der Waals surface area (Å²) in [6.07, 6.45) is 2.88. The Kier molecular flexibility index (Phi) is 4.92. The molecule has 0 aromatic carbocycles. The molecule has 0 aliphatic heterocycles. The van der Waals surface area contributed by atoms with Crippen LogP contribution in [0, 0.1) is 0 Å². The van der Waals surface area contributed by atoms with Gasteiger partial charge in [0.15, 0.2) is 5.82 Å². The molecule has 0 aliphatic rings. The lowest BCUT2D eigenvalue weighted by molar-refractivity contribution is 0.174. The van der Waals surface area contributed by atoms with E-state index >= 15 is 0 Å². The molecule has 14 heavy (non-hydrogen) atoms. The lowest BCUT2D eigenvalue weighted by Crippen LogP contribution is -2.11. The van der Waals surface area contributed by atoms with Gasteiger partial charge in [-0.15, -0.1) is 0 Å². The van der Waals surface area contributed by atoms with Crippen LogP contribution < -0.4 is 5.73 Å². The molecule has 0 aliphatic carbocycles. The van der Waals surface area contributed by atoms with E-state index in [4.69, 9.17) is 15.0 Å². The van der Waals surface area contributed by atoms with Gasteiger partial charge in [-0.05, 0) is 18.4 Å². The Labute approximate surface area is 87.4 Å². The smallest absolute Gasteiger partial charge is 0.243 e. The number of aromatic nitrogens is 2. The Bertz CT molecular complexity index is 267. The molecule has 1 heterocycles. The zero-order valence-electron chi connectivity index (χ0n) is 8.40. The Morgan fingerprint density at radius 1 is 1.64 bits per heavy atom. The Morgan fingerprint density at radius 3 is 3.07 bits per heavy atom. The molecule has 5 nitrogen and oxygen atoms in total. The molecule has 0 amide bonds. The molecule has 0 saturated carbocycles. The van der Waals surface area contributed by atoms with Crippen molar-refractivity contribution in [2.45, 2.75) is 19.1 Å². The number of hydrogen-bond donors (Lipinski definition) is 1. The highest BCUT2D eigenvalue weighted by molar-refractivity contribution is 7.98. The molecule has 0 radical (unpaired) electrons. The number of thioether (sulfide) groups is 1. The highest BCUT2D eigenvalue weighted by Gasteiger charge is 2.13. The molecule has 0 unspecified atom stereocenters. The van der Waals surface area contributed by atoms with E-state index in [1.807, 2.05) is 6.26 Å². The monoisotopic (exact) mass is 217 g/mol. The summed E-state index contributed by atoms with van der Waals surface area (Å²) in [6, 6.07) is -0.166. The average molecular weight is 217 g/mol. The first-order valence-electron chi connectivity index (χ1n) is 4.34. The minimum Gasteiger partial charge on any atom is -0.377 e. The van der Waals surface area contributed by atoms with E-state index in [9.17, 15) is 0 Å². The van der Waals surface area contributed by atoms with E-state index in [1.165, 1.54) is 0 Å². The van der Waals surface area contributed by atoms with E-state index in [2.05, 4.69) is 10.1 Å². The predicted octanol–water partition coefficient (Wildman–Crippen LogP) is 0.969. The van der Waals surface area contributed by atoms with Crippen molar-refractivity contribution in [3.8, 4) is 0 Å². The molecule has 1 atom stereocenters. The second-order valence-electron chi connectivity index (χ2n) is 2.87. The fourth-order valence-corrected chi connectivity index (χ4v) is 1.46. The fraction of sp³-hybridized carbons (Fsp3) is 0.750. The maximum absolute atomic E-state index is 5.84. The van der Waals surface area contributed by atoms with Gasteiger partial charge in [-0.25, -0.2) is 0 Å². The number of methoxy groups -OCH3 is 1. The van der Waals surface area contributed by atoms with Crippen molar-refractivity contribution < 1.29 is 9.26 Å². The Balaban J connectivity index is 2.48. The first kappa shape index (κ1) is 11.5. The van der Waals surface area contributed by atoms with E-state index in [-0.39, 0.29) is 6.04 Å². The minimum atomic E-state index is -0.166. The van der Waals surface area contributed by atoms with Crippen LogP contribution in [0.5, 0.6) is 0 Å². The van der Waals surface area contributed by atoms with Gasteiger partial charge in [0.1, 0.15) is 6.61 Å². The number of nitrogens with zero attached hydrogens (tertiary/aromatic N) is 2. The van der Waals surface area contributed by atoms with Gasteiger partial charge in [-0.3, -0.25) is 0 Å². The second-order valence-corrected chi connectivity index (χ2v) is 3.86. The van der Waals surface area contributed by atoms with Gasteiger partial charge in [0.05, 0.1) is 6.04 Å². The van der Waals surface area contributed by atoms with Crippen molar-refractivity contribution in [1.29, 1.82) is 0 Å². The Morgan fingerprint density at radius 2 is 2.43 bits per heavy atom. The topological polar surface area (TPSA) is 74.2 Å². The summed E-state index contributed by atoms with van der Waals surface area (Å²) < 4.78 is 9.87. The maximum atomic E-state index is 5.84. The van der Waals surface area contributed by atoms with Crippen molar-refractivity contribution >= 4 is 11.8 Å².